The van der Waals surface area contributed by atoms with Gasteiger partial charge in [-0.3, -0.25) is 9.52 Å². The Hall–Kier alpha value is -4.71. The summed E-state index contributed by atoms with van der Waals surface area (Å²) in [5.74, 6) is -2.50. The third-order valence-electron chi connectivity index (χ3n) is 4.76. The van der Waals surface area contributed by atoms with Gasteiger partial charge < -0.3 is 20.8 Å². The second-order valence-corrected chi connectivity index (χ2v) is 9.04. The molecule has 11 nitrogen and oxygen atoms in total. The summed E-state index contributed by atoms with van der Waals surface area (Å²) in [7, 11) is -4.11. The van der Waals surface area contributed by atoms with Crippen LogP contribution < -0.4 is 20.5 Å². The van der Waals surface area contributed by atoms with Gasteiger partial charge in [0.15, 0.2) is 11.6 Å². The number of nitrogens with one attached hydrogen (secondary N) is 3. The number of carboxylic acid groups (broad SMARTS) is 1. The number of para-hydroxylation sites is 2. The molecule has 0 fully saturated rings. The molecule has 4 aromatic rings. The van der Waals surface area contributed by atoms with Gasteiger partial charge in [-0.25, -0.2) is 23.2 Å². The van der Waals surface area contributed by atoms with E-state index >= 15 is 0 Å². The predicted molar refractivity (Wildman–Crippen MR) is 127 cm³/mol. The van der Waals surface area contributed by atoms with Crippen molar-refractivity contribution in [3.63, 3.8) is 0 Å². The normalized spacial score (nSPS) is 11.1. The van der Waals surface area contributed by atoms with Gasteiger partial charge in [-0.2, -0.15) is 0 Å². The van der Waals surface area contributed by atoms with Crippen molar-refractivity contribution >= 4 is 55.9 Å². The van der Waals surface area contributed by atoms with Crippen LogP contribution in [0.4, 0.5) is 23.0 Å². The fourth-order valence-corrected chi connectivity index (χ4v) is 4.19. The Kier molecular flexibility index (Phi) is 6.21. The van der Waals surface area contributed by atoms with E-state index in [0.29, 0.717) is 16.7 Å². The summed E-state index contributed by atoms with van der Waals surface area (Å²) in [6.07, 6.45) is 0. The maximum absolute atomic E-state index is 13.0. The van der Waals surface area contributed by atoms with E-state index in [4.69, 9.17) is 5.11 Å². The summed E-state index contributed by atoms with van der Waals surface area (Å²) in [5, 5.41) is 26.5. The van der Waals surface area contributed by atoms with E-state index in [-0.39, 0.29) is 28.1 Å². The fourth-order valence-electron chi connectivity index (χ4n) is 3.18. The first kappa shape index (κ1) is 23.4. The molecule has 0 saturated heterocycles. The molecule has 0 spiro atoms. The van der Waals surface area contributed by atoms with Crippen LogP contribution in [0.5, 0.6) is 5.75 Å². The van der Waals surface area contributed by atoms with E-state index < -0.39 is 27.3 Å². The smallest absolute Gasteiger partial charge is 0.335 e. The molecular formula is C23H18N5O6S-. The topological polar surface area (TPSA) is 173 Å². The highest BCUT2D eigenvalue weighted by Gasteiger charge is 2.19. The molecule has 12 heteroatoms. The van der Waals surface area contributed by atoms with Crippen LogP contribution in [-0.4, -0.2) is 35.4 Å². The SMILES string of the molecule is CC(=O)Nc1ccc(S(=O)(=O)Nc2nc3ccccc3nc2Nc2ccc(C(=O)O)c([O-])c2)cc1. The Bertz CT molecular complexity index is 1550. The number of carboxylic acids is 1. The van der Waals surface area contributed by atoms with E-state index in [1.165, 1.54) is 37.3 Å². The number of carbonyl (C=O) groups is 2. The first-order valence-electron chi connectivity index (χ1n) is 10.1. The van der Waals surface area contributed by atoms with E-state index in [1.54, 1.807) is 24.3 Å². The van der Waals surface area contributed by atoms with Crippen molar-refractivity contribution in [2.45, 2.75) is 11.8 Å². The Balaban J connectivity index is 1.71. The van der Waals surface area contributed by atoms with Crippen molar-refractivity contribution in [2.75, 3.05) is 15.4 Å². The van der Waals surface area contributed by atoms with Crippen LogP contribution >= 0.6 is 0 Å². The highest BCUT2D eigenvalue weighted by molar-refractivity contribution is 7.92. The Morgan fingerprint density at radius 1 is 0.886 bits per heavy atom. The highest BCUT2D eigenvalue weighted by Crippen LogP contribution is 2.29. The molecule has 0 atom stereocenters. The van der Waals surface area contributed by atoms with Crippen molar-refractivity contribution < 1.29 is 28.2 Å². The van der Waals surface area contributed by atoms with Crippen molar-refractivity contribution in [2.24, 2.45) is 0 Å². The molecule has 1 aromatic heterocycles. The zero-order valence-corrected chi connectivity index (χ0v) is 19.0. The number of rotatable bonds is 7. The highest BCUT2D eigenvalue weighted by atomic mass is 32.2. The van der Waals surface area contributed by atoms with Crippen LogP contribution in [0, 0.1) is 0 Å². The van der Waals surface area contributed by atoms with E-state index in [0.717, 1.165) is 12.1 Å². The number of aromatic nitrogens is 2. The average molecular weight is 492 g/mol. The quantitative estimate of drug-likeness (QED) is 0.302. The number of benzene rings is 3. The lowest BCUT2D eigenvalue weighted by Gasteiger charge is -2.16. The van der Waals surface area contributed by atoms with Crippen molar-refractivity contribution in [3.05, 3.63) is 72.3 Å². The average Bonchev–Trinajstić information content (AvgIpc) is 2.79. The number of aromatic carboxylic acids is 1. The van der Waals surface area contributed by atoms with Gasteiger partial charge in [-0.15, -0.1) is 0 Å². The molecule has 4 N–H and O–H groups in total. The van der Waals surface area contributed by atoms with Crippen molar-refractivity contribution in [1.29, 1.82) is 0 Å². The summed E-state index contributed by atoms with van der Waals surface area (Å²) < 4.78 is 28.5. The number of hydrogen-bond donors (Lipinski definition) is 4. The Morgan fingerprint density at radius 2 is 1.49 bits per heavy atom. The number of nitrogens with zero attached hydrogens (tertiary/aromatic N) is 2. The minimum absolute atomic E-state index is 0.00427. The first-order chi connectivity index (χ1) is 16.6. The van der Waals surface area contributed by atoms with Gasteiger partial charge >= 0.3 is 5.97 Å². The van der Waals surface area contributed by atoms with Crippen LogP contribution in [0.2, 0.25) is 0 Å². The second kappa shape index (κ2) is 9.27. The molecule has 0 aliphatic rings. The lowest BCUT2D eigenvalue weighted by atomic mass is 10.2. The van der Waals surface area contributed by atoms with E-state index in [2.05, 4.69) is 25.3 Å². The second-order valence-electron chi connectivity index (χ2n) is 7.36. The van der Waals surface area contributed by atoms with E-state index in [1.807, 2.05) is 0 Å². The van der Waals surface area contributed by atoms with Crippen molar-refractivity contribution in [1.82, 2.24) is 9.97 Å². The monoisotopic (exact) mass is 492 g/mol. The van der Waals surface area contributed by atoms with Crippen molar-refractivity contribution in [3.8, 4) is 5.75 Å². The largest absolute Gasteiger partial charge is 0.872 e. The molecule has 3 aromatic carbocycles. The standard InChI is InChI=1S/C23H19N5O6S/c1-13(29)24-14-6-9-16(10-7-14)35(33,34)28-22-21(26-18-4-2-3-5-19(18)27-22)25-15-8-11-17(23(31)32)20(30)12-15/h2-12,30H,1H3,(H,24,29)(H,25,26)(H,27,28)(H,31,32)/p-1. The van der Waals surface area contributed by atoms with Gasteiger partial charge in [0.25, 0.3) is 10.0 Å². The minimum atomic E-state index is -4.11. The molecule has 0 unspecified atom stereocenters. The maximum Gasteiger partial charge on any atom is 0.335 e. The first-order valence-corrected chi connectivity index (χ1v) is 11.6. The number of sulfonamides is 1. The molecular weight excluding hydrogens is 474 g/mol. The van der Waals surface area contributed by atoms with Gasteiger partial charge in [-0.1, -0.05) is 17.9 Å². The number of anilines is 4. The lowest BCUT2D eigenvalue weighted by Crippen LogP contribution is -2.16. The molecule has 0 saturated carbocycles. The molecule has 35 heavy (non-hydrogen) atoms. The summed E-state index contributed by atoms with van der Waals surface area (Å²) in [6.45, 7) is 1.34. The maximum atomic E-state index is 13.0. The van der Waals surface area contributed by atoms with Gasteiger partial charge in [0.2, 0.25) is 5.91 Å². The molecule has 4 rings (SSSR count). The molecule has 1 heterocycles. The van der Waals surface area contributed by atoms with Crippen LogP contribution in [-0.2, 0) is 14.8 Å². The van der Waals surface area contributed by atoms with Gasteiger partial charge in [0.1, 0.15) is 0 Å². The Labute approximate surface area is 199 Å². The number of fused-ring (bicyclic) bond motifs is 1. The third-order valence-corrected chi connectivity index (χ3v) is 6.12. The Morgan fingerprint density at radius 3 is 2.06 bits per heavy atom. The zero-order valence-electron chi connectivity index (χ0n) is 18.1. The number of carbonyl (C=O) groups excluding carboxylic acids is 1. The number of hydrogen-bond acceptors (Lipinski definition) is 8. The summed E-state index contributed by atoms with van der Waals surface area (Å²) in [5.41, 5.74) is 1.11. The molecule has 178 valence electrons. The summed E-state index contributed by atoms with van der Waals surface area (Å²) in [6, 6.07) is 15.9. The van der Waals surface area contributed by atoms with Gasteiger partial charge in [0.05, 0.1) is 21.5 Å². The molecule has 0 aliphatic carbocycles. The summed E-state index contributed by atoms with van der Waals surface area (Å²) in [4.78, 5) is 31.0. The van der Waals surface area contributed by atoms with E-state index in [9.17, 15) is 23.1 Å². The molecule has 0 aliphatic heterocycles. The fraction of sp³-hybridized carbons (Fsp3) is 0.0435. The van der Waals surface area contributed by atoms with Gasteiger partial charge in [0, 0.05) is 18.3 Å². The molecule has 1 amide bonds. The molecule has 0 radical (unpaired) electrons. The zero-order chi connectivity index (χ0) is 25.2. The third kappa shape index (κ3) is 5.28. The lowest BCUT2D eigenvalue weighted by molar-refractivity contribution is -0.268. The summed E-state index contributed by atoms with van der Waals surface area (Å²) >= 11 is 0. The van der Waals surface area contributed by atoms with Crippen LogP contribution in [0.15, 0.2) is 71.6 Å². The minimum Gasteiger partial charge on any atom is -0.872 e. The van der Waals surface area contributed by atoms with Gasteiger partial charge in [-0.05, 0) is 54.6 Å². The molecule has 0 bridgehead atoms. The van der Waals surface area contributed by atoms with Crippen LogP contribution in [0.25, 0.3) is 11.0 Å². The van der Waals surface area contributed by atoms with Crippen LogP contribution in [0.1, 0.15) is 17.3 Å². The predicted octanol–water partition coefficient (Wildman–Crippen LogP) is 2.90. The number of amides is 1. The van der Waals surface area contributed by atoms with Crippen LogP contribution in [0.3, 0.4) is 0 Å².